The van der Waals surface area contributed by atoms with E-state index in [9.17, 15) is 29.4 Å². The van der Waals surface area contributed by atoms with Crippen molar-refractivity contribution in [2.24, 2.45) is 0 Å². The molecule has 11 nitrogen and oxygen atoms in total. The fourth-order valence-corrected chi connectivity index (χ4v) is 3.83. The van der Waals surface area contributed by atoms with E-state index in [2.05, 4.69) is 9.97 Å². The number of hydrogen-bond acceptors (Lipinski definition) is 5. The van der Waals surface area contributed by atoms with E-state index in [4.69, 9.17) is 4.42 Å². The van der Waals surface area contributed by atoms with Crippen molar-refractivity contribution in [2.45, 2.75) is 0 Å². The summed E-state index contributed by atoms with van der Waals surface area (Å²) < 4.78 is 5.80. The van der Waals surface area contributed by atoms with E-state index in [0.717, 1.165) is 0 Å². The Morgan fingerprint density at radius 2 is 1.11 bits per heavy atom. The van der Waals surface area contributed by atoms with Crippen molar-refractivity contribution in [1.29, 1.82) is 0 Å². The number of carbonyl (C=O) groups excluding carboxylic acids is 2. The molecule has 0 aliphatic heterocycles. The Bertz CT molecular complexity index is 1510. The van der Waals surface area contributed by atoms with Gasteiger partial charge >= 0.3 is 11.9 Å². The fourth-order valence-electron chi connectivity index (χ4n) is 3.83. The second-order valence-electron chi connectivity index (χ2n) is 7.58. The zero-order valence-corrected chi connectivity index (χ0v) is 17.8. The average Bonchev–Trinajstić information content (AvgIpc) is 3.58. The van der Waals surface area contributed by atoms with Gasteiger partial charge in [0, 0.05) is 33.9 Å². The second-order valence-corrected chi connectivity index (χ2v) is 7.58. The Morgan fingerprint density at radius 1 is 0.686 bits per heavy atom. The van der Waals surface area contributed by atoms with E-state index in [1.807, 2.05) is 0 Å². The van der Waals surface area contributed by atoms with Gasteiger partial charge in [0.05, 0.1) is 11.4 Å². The van der Waals surface area contributed by atoms with Gasteiger partial charge < -0.3 is 24.6 Å². The number of amides is 2. The molecule has 0 saturated carbocycles. The van der Waals surface area contributed by atoms with Crippen molar-refractivity contribution in [3.63, 3.8) is 0 Å². The quantitative estimate of drug-likeness (QED) is 0.246. The van der Waals surface area contributed by atoms with Crippen LogP contribution in [0.5, 0.6) is 0 Å². The van der Waals surface area contributed by atoms with Gasteiger partial charge in [-0.1, -0.05) is 0 Å². The number of H-pyrrole nitrogens is 2. The number of nitrogens with zero attached hydrogens (tertiary/aromatic N) is 2. The lowest BCUT2D eigenvalue weighted by atomic mass is 10.2. The van der Waals surface area contributed by atoms with Gasteiger partial charge in [-0.15, -0.1) is 0 Å². The Balaban J connectivity index is 1.47. The van der Waals surface area contributed by atoms with Gasteiger partial charge in [-0.25, -0.2) is 9.59 Å². The van der Waals surface area contributed by atoms with Crippen molar-refractivity contribution >= 4 is 69.7 Å². The first-order valence-electron chi connectivity index (χ1n) is 10.2. The van der Waals surface area contributed by atoms with Crippen LogP contribution in [0, 0.1) is 0 Å². The molecule has 0 bridgehead atoms. The summed E-state index contributed by atoms with van der Waals surface area (Å²) in [5.74, 6) is -1.94. The molecular weight excluding hydrogens is 456 g/mol. The fraction of sp³-hybridized carbons (Fsp3) is 0. The van der Waals surface area contributed by atoms with Crippen molar-refractivity contribution in [3.05, 3.63) is 72.1 Å². The van der Waals surface area contributed by atoms with E-state index < -0.39 is 11.9 Å². The number of anilines is 4. The van der Waals surface area contributed by atoms with Crippen LogP contribution in [-0.2, 0) is 9.59 Å². The van der Waals surface area contributed by atoms with Crippen LogP contribution in [-0.4, -0.2) is 44.9 Å². The van der Waals surface area contributed by atoms with E-state index in [1.54, 1.807) is 36.4 Å². The van der Waals surface area contributed by atoms with Crippen LogP contribution in [0.25, 0.3) is 21.8 Å². The van der Waals surface area contributed by atoms with E-state index in [1.165, 1.54) is 34.1 Å². The summed E-state index contributed by atoms with van der Waals surface area (Å²) >= 11 is 0. The van der Waals surface area contributed by atoms with Gasteiger partial charge in [-0.2, -0.15) is 0 Å². The van der Waals surface area contributed by atoms with Crippen LogP contribution < -0.4 is 9.80 Å². The SMILES string of the molecule is O=CN(c1ccc2[nH]c(C(=O)O)cc2c1)c1ccc(N(C=O)c2ccc3[nH]c(C(=O)O)cc3c2)o1. The van der Waals surface area contributed by atoms with Crippen molar-refractivity contribution in [2.75, 3.05) is 9.80 Å². The minimum atomic E-state index is -1.10. The summed E-state index contributed by atoms with van der Waals surface area (Å²) in [6.07, 6.45) is 1.08. The minimum absolute atomic E-state index is 0.0200. The van der Waals surface area contributed by atoms with Gasteiger partial charge in [-0.05, 0) is 48.5 Å². The summed E-state index contributed by atoms with van der Waals surface area (Å²) in [5.41, 5.74) is 2.08. The van der Waals surface area contributed by atoms with Gasteiger partial charge in [0.25, 0.3) is 0 Å². The number of aromatic nitrogens is 2. The highest BCUT2D eigenvalue weighted by Crippen LogP contribution is 2.34. The lowest BCUT2D eigenvalue weighted by Crippen LogP contribution is -2.14. The third kappa shape index (κ3) is 3.76. The minimum Gasteiger partial charge on any atom is -0.477 e. The topological polar surface area (TPSA) is 160 Å². The third-order valence-corrected chi connectivity index (χ3v) is 5.49. The van der Waals surface area contributed by atoms with Gasteiger partial charge in [0.1, 0.15) is 11.4 Å². The maximum atomic E-state index is 11.9. The Kier molecular flexibility index (Phi) is 5.06. The van der Waals surface area contributed by atoms with Crippen molar-refractivity contribution < 1.29 is 33.8 Å². The zero-order valence-electron chi connectivity index (χ0n) is 17.8. The predicted octanol–water partition coefficient (Wildman–Crippen LogP) is 4.23. The number of rotatable bonds is 8. The van der Waals surface area contributed by atoms with Crippen LogP contribution >= 0.6 is 0 Å². The number of carbonyl (C=O) groups is 4. The number of carboxylic acids is 2. The maximum absolute atomic E-state index is 11.9. The molecule has 5 aromatic rings. The first kappa shape index (κ1) is 21.5. The molecule has 0 fully saturated rings. The standard InChI is InChI=1S/C24H16N4O7/c29-11-27(15-1-3-17-13(7-15)9-19(25-17)23(31)32)21-5-6-22(35-21)28(12-30)16-2-4-18-14(8-16)10-20(26-18)24(33)34/h1-12,25-26H,(H,31,32)(H,33,34). The van der Waals surface area contributed by atoms with Crippen molar-refractivity contribution in [1.82, 2.24) is 9.97 Å². The molecule has 0 unspecified atom stereocenters. The monoisotopic (exact) mass is 472 g/mol. The van der Waals surface area contributed by atoms with Gasteiger partial charge in [0.15, 0.2) is 0 Å². The number of furan rings is 1. The smallest absolute Gasteiger partial charge is 0.352 e. The first-order chi connectivity index (χ1) is 16.9. The molecule has 11 heteroatoms. The van der Waals surface area contributed by atoms with Crippen molar-refractivity contribution in [3.8, 4) is 0 Å². The number of fused-ring (bicyclic) bond motifs is 2. The molecule has 4 N–H and O–H groups in total. The molecule has 5 rings (SSSR count). The highest BCUT2D eigenvalue weighted by molar-refractivity contribution is 5.98. The molecule has 0 atom stereocenters. The first-order valence-corrected chi connectivity index (χ1v) is 10.2. The number of carboxylic acid groups (broad SMARTS) is 2. The molecule has 2 aromatic carbocycles. The average molecular weight is 472 g/mol. The molecule has 174 valence electrons. The molecule has 0 spiro atoms. The number of benzene rings is 2. The summed E-state index contributed by atoms with van der Waals surface area (Å²) in [6.45, 7) is 0. The van der Waals surface area contributed by atoms with Crippen LogP contribution in [0.2, 0.25) is 0 Å². The third-order valence-electron chi connectivity index (χ3n) is 5.49. The largest absolute Gasteiger partial charge is 0.477 e. The maximum Gasteiger partial charge on any atom is 0.352 e. The number of aromatic amines is 2. The number of aromatic carboxylic acids is 2. The van der Waals surface area contributed by atoms with Crippen LogP contribution in [0.3, 0.4) is 0 Å². The molecule has 3 heterocycles. The molecule has 0 aliphatic carbocycles. The molecular formula is C24H16N4O7. The lowest BCUT2D eigenvalue weighted by molar-refractivity contribution is -0.107. The summed E-state index contributed by atoms with van der Waals surface area (Å²) in [7, 11) is 0. The van der Waals surface area contributed by atoms with E-state index in [0.29, 0.717) is 46.0 Å². The normalized spacial score (nSPS) is 11.0. The number of hydrogen-bond donors (Lipinski definition) is 4. The molecule has 3 aromatic heterocycles. The van der Waals surface area contributed by atoms with Gasteiger partial charge in [-0.3, -0.25) is 19.4 Å². The summed E-state index contributed by atoms with van der Waals surface area (Å²) in [6, 6.07) is 15.7. The molecule has 35 heavy (non-hydrogen) atoms. The van der Waals surface area contributed by atoms with E-state index in [-0.39, 0.29) is 23.2 Å². The highest BCUT2D eigenvalue weighted by atomic mass is 16.4. The van der Waals surface area contributed by atoms with Crippen LogP contribution in [0.1, 0.15) is 21.0 Å². The molecule has 2 amide bonds. The summed E-state index contributed by atoms with van der Waals surface area (Å²) in [5, 5.41) is 19.5. The Morgan fingerprint density at radius 3 is 1.49 bits per heavy atom. The molecule has 0 aliphatic rings. The molecule has 0 saturated heterocycles. The Labute approximate surface area is 195 Å². The van der Waals surface area contributed by atoms with Crippen LogP contribution in [0.15, 0.2) is 65.1 Å². The Hall–Kier alpha value is -5.32. The van der Waals surface area contributed by atoms with E-state index >= 15 is 0 Å². The lowest BCUT2D eigenvalue weighted by Gasteiger charge is -2.16. The highest BCUT2D eigenvalue weighted by Gasteiger charge is 2.19. The zero-order chi connectivity index (χ0) is 24.7. The number of nitrogens with one attached hydrogen (secondary N) is 2. The van der Waals surface area contributed by atoms with Gasteiger partial charge in [0.2, 0.25) is 24.6 Å². The second kappa shape index (κ2) is 8.23. The molecule has 0 radical (unpaired) electrons. The van der Waals surface area contributed by atoms with Crippen LogP contribution in [0.4, 0.5) is 23.1 Å². The summed E-state index contributed by atoms with van der Waals surface area (Å²) in [4.78, 5) is 54.2. The predicted molar refractivity (Wildman–Crippen MR) is 126 cm³/mol.